The van der Waals surface area contributed by atoms with Crippen molar-refractivity contribution in [3.8, 4) is 10.6 Å². The molecule has 1 amide bonds. The molecule has 3 aromatic rings. The predicted octanol–water partition coefficient (Wildman–Crippen LogP) is 4.05. The molecule has 3 aromatic heterocycles. The van der Waals surface area contributed by atoms with Crippen molar-refractivity contribution in [2.75, 3.05) is 6.54 Å². The van der Waals surface area contributed by atoms with Crippen molar-refractivity contribution in [3.05, 3.63) is 35.3 Å². The van der Waals surface area contributed by atoms with Crippen LogP contribution in [0.15, 0.2) is 29.8 Å². The number of hydrogen-bond acceptors (Lipinski definition) is 5. The Morgan fingerprint density at radius 2 is 2.07 bits per heavy atom. The van der Waals surface area contributed by atoms with Crippen LogP contribution in [0.5, 0.6) is 0 Å². The number of pyridine rings is 1. The van der Waals surface area contributed by atoms with Crippen LogP contribution in [0.2, 0.25) is 0 Å². The highest BCUT2D eigenvalue weighted by molar-refractivity contribution is 7.13. The minimum atomic E-state index is -0.482. The van der Waals surface area contributed by atoms with Gasteiger partial charge in [-0.3, -0.25) is 4.79 Å². The lowest BCUT2D eigenvalue weighted by atomic mass is 10.0. The highest BCUT2D eigenvalue weighted by atomic mass is 35.5. The van der Waals surface area contributed by atoms with Crippen LogP contribution in [0.3, 0.4) is 0 Å². The Kier molecular flexibility index (Phi) is 7.80. The normalized spacial score (nSPS) is 11.2. The molecule has 3 heterocycles. The predicted molar refractivity (Wildman–Crippen MR) is 116 cm³/mol. The van der Waals surface area contributed by atoms with Gasteiger partial charge < -0.3 is 11.1 Å². The molecule has 0 spiro atoms. The number of halogens is 2. The minimum absolute atomic E-state index is 0. The van der Waals surface area contributed by atoms with E-state index < -0.39 is 5.54 Å². The molecule has 0 aliphatic rings. The second kappa shape index (κ2) is 9.01. The first-order valence-electron chi connectivity index (χ1n) is 8.27. The van der Waals surface area contributed by atoms with Crippen LogP contribution in [0.25, 0.3) is 21.6 Å². The highest BCUT2D eigenvalue weighted by Crippen LogP contribution is 2.29. The lowest BCUT2D eigenvalue weighted by molar-refractivity contribution is 0.0917. The number of nitrogens with one attached hydrogen (secondary N) is 1. The molecule has 0 fully saturated rings. The van der Waals surface area contributed by atoms with Gasteiger partial charge in [0.2, 0.25) is 0 Å². The van der Waals surface area contributed by atoms with Gasteiger partial charge in [0.15, 0.2) is 5.65 Å². The monoisotopic (exact) mass is 429 g/mol. The van der Waals surface area contributed by atoms with E-state index in [9.17, 15) is 4.79 Å². The van der Waals surface area contributed by atoms with Crippen molar-refractivity contribution in [1.29, 1.82) is 0 Å². The molecule has 0 atom stereocenters. The fraction of sp³-hybridized carbons (Fsp3) is 0.389. The van der Waals surface area contributed by atoms with Gasteiger partial charge in [0.25, 0.3) is 5.91 Å². The molecule has 27 heavy (non-hydrogen) atoms. The van der Waals surface area contributed by atoms with E-state index in [2.05, 4.69) is 10.4 Å². The summed E-state index contributed by atoms with van der Waals surface area (Å²) >= 11 is 1.60. The van der Waals surface area contributed by atoms with Crippen LogP contribution in [0.1, 0.15) is 44.1 Å². The molecule has 9 heteroatoms. The first kappa shape index (κ1) is 23.4. The molecule has 0 bridgehead atoms. The van der Waals surface area contributed by atoms with E-state index in [1.165, 1.54) is 0 Å². The van der Waals surface area contributed by atoms with Crippen molar-refractivity contribution in [1.82, 2.24) is 20.1 Å². The Bertz CT molecular complexity index is 906. The smallest absolute Gasteiger partial charge is 0.252 e. The molecule has 0 aromatic carbocycles. The van der Waals surface area contributed by atoms with Crippen LogP contribution in [0.4, 0.5) is 0 Å². The van der Waals surface area contributed by atoms with Crippen LogP contribution in [-0.2, 0) is 0 Å². The van der Waals surface area contributed by atoms with Gasteiger partial charge in [-0.1, -0.05) is 6.07 Å². The molecule has 0 unspecified atom stereocenters. The Hall–Kier alpha value is -1.67. The molecule has 3 N–H and O–H groups in total. The first-order valence-corrected chi connectivity index (χ1v) is 9.15. The molecular weight excluding hydrogens is 405 g/mol. The number of nitrogens with two attached hydrogens (primary N) is 1. The third kappa shape index (κ3) is 4.79. The number of rotatable bonds is 5. The molecule has 0 aliphatic carbocycles. The number of thiophene rings is 1. The molecule has 0 saturated carbocycles. The summed E-state index contributed by atoms with van der Waals surface area (Å²) in [6, 6.07) is 5.96. The summed E-state index contributed by atoms with van der Waals surface area (Å²) in [4.78, 5) is 18.7. The lowest BCUT2D eigenvalue weighted by Crippen LogP contribution is -2.48. The van der Waals surface area contributed by atoms with Gasteiger partial charge >= 0.3 is 0 Å². The van der Waals surface area contributed by atoms with E-state index in [4.69, 9.17) is 10.7 Å². The number of aromatic nitrogens is 3. The summed E-state index contributed by atoms with van der Waals surface area (Å²) in [6.07, 6.45) is 1.71. The SMILES string of the molecule is CC(C)n1ncc2c(C(=O)NC(C)(C)CN)cc(-c3cccs3)nc21.Cl.Cl. The van der Waals surface area contributed by atoms with Gasteiger partial charge in [0, 0.05) is 18.1 Å². The quantitative estimate of drug-likeness (QED) is 0.640. The van der Waals surface area contributed by atoms with Crippen molar-refractivity contribution in [2.24, 2.45) is 5.73 Å². The number of nitrogens with zero attached hydrogens (tertiary/aromatic N) is 3. The van der Waals surface area contributed by atoms with Crippen LogP contribution in [-0.4, -0.2) is 32.8 Å². The third-order valence-electron chi connectivity index (χ3n) is 4.04. The number of amides is 1. The van der Waals surface area contributed by atoms with Gasteiger partial charge in [0.05, 0.1) is 27.7 Å². The van der Waals surface area contributed by atoms with Crippen LogP contribution < -0.4 is 11.1 Å². The highest BCUT2D eigenvalue weighted by Gasteiger charge is 2.23. The van der Waals surface area contributed by atoms with E-state index in [1.807, 2.05) is 56.0 Å². The zero-order valence-corrected chi connectivity index (χ0v) is 18.2. The second-order valence-electron chi connectivity index (χ2n) is 6.99. The van der Waals surface area contributed by atoms with E-state index in [-0.39, 0.29) is 36.8 Å². The fourth-order valence-corrected chi connectivity index (χ4v) is 3.25. The molecule has 3 rings (SSSR count). The number of carbonyl (C=O) groups is 1. The maximum atomic E-state index is 12.9. The van der Waals surface area contributed by atoms with Crippen LogP contribution in [0, 0.1) is 0 Å². The number of fused-ring (bicyclic) bond motifs is 1. The standard InChI is InChI=1S/C18H23N5OS.2ClH/c1-11(2)23-16-13(9-20-23)12(17(24)22-18(3,4)10-19)8-14(21-16)15-6-5-7-25-15;;/h5-9,11H,10,19H2,1-4H3,(H,22,24);2*1H. The van der Waals surface area contributed by atoms with Crippen molar-refractivity contribution < 1.29 is 4.79 Å². The summed E-state index contributed by atoms with van der Waals surface area (Å²) in [6.45, 7) is 8.25. The molecule has 0 aliphatic heterocycles. The van der Waals surface area contributed by atoms with Gasteiger partial charge in [-0.05, 0) is 45.2 Å². The van der Waals surface area contributed by atoms with Crippen molar-refractivity contribution in [3.63, 3.8) is 0 Å². The Morgan fingerprint density at radius 1 is 1.37 bits per heavy atom. The summed E-state index contributed by atoms with van der Waals surface area (Å²) in [5.41, 5.74) is 7.34. The Balaban J connectivity index is 0.00000182. The van der Waals surface area contributed by atoms with Crippen molar-refractivity contribution >= 4 is 53.1 Å². The Labute approximate surface area is 175 Å². The fourth-order valence-electron chi connectivity index (χ4n) is 2.56. The third-order valence-corrected chi connectivity index (χ3v) is 4.93. The zero-order chi connectivity index (χ0) is 18.2. The number of carbonyl (C=O) groups excluding carboxylic acids is 1. The topological polar surface area (TPSA) is 85.8 Å². The number of hydrogen-bond donors (Lipinski definition) is 2. The van der Waals surface area contributed by atoms with Gasteiger partial charge in [-0.15, -0.1) is 36.2 Å². The molecule has 0 radical (unpaired) electrons. The molecule has 0 saturated heterocycles. The molecular formula is C18H25Cl2N5OS. The van der Waals surface area contributed by atoms with E-state index >= 15 is 0 Å². The summed E-state index contributed by atoms with van der Waals surface area (Å²) in [5, 5.41) is 10.2. The van der Waals surface area contributed by atoms with Gasteiger partial charge in [0.1, 0.15) is 0 Å². The van der Waals surface area contributed by atoms with E-state index in [0.29, 0.717) is 12.1 Å². The second-order valence-corrected chi connectivity index (χ2v) is 7.94. The molecule has 148 valence electrons. The lowest BCUT2D eigenvalue weighted by Gasteiger charge is -2.24. The molecule has 6 nitrogen and oxygen atoms in total. The first-order chi connectivity index (χ1) is 11.8. The van der Waals surface area contributed by atoms with Crippen LogP contribution >= 0.6 is 36.2 Å². The van der Waals surface area contributed by atoms with E-state index in [1.54, 1.807) is 17.5 Å². The summed E-state index contributed by atoms with van der Waals surface area (Å²) in [7, 11) is 0. The minimum Gasteiger partial charge on any atom is -0.346 e. The Morgan fingerprint density at radius 3 is 2.63 bits per heavy atom. The van der Waals surface area contributed by atoms with Crippen molar-refractivity contribution in [2.45, 2.75) is 39.3 Å². The van der Waals surface area contributed by atoms with E-state index in [0.717, 1.165) is 21.6 Å². The van der Waals surface area contributed by atoms with Gasteiger partial charge in [-0.25, -0.2) is 9.67 Å². The average molecular weight is 430 g/mol. The zero-order valence-electron chi connectivity index (χ0n) is 15.7. The summed E-state index contributed by atoms with van der Waals surface area (Å²) in [5.74, 6) is -0.163. The maximum absolute atomic E-state index is 12.9. The average Bonchev–Trinajstić information content (AvgIpc) is 3.22. The summed E-state index contributed by atoms with van der Waals surface area (Å²) < 4.78 is 1.84. The maximum Gasteiger partial charge on any atom is 0.252 e. The largest absolute Gasteiger partial charge is 0.346 e. The van der Waals surface area contributed by atoms with Gasteiger partial charge in [-0.2, -0.15) is 5.10 Å².